The lowest BCUT2D eigenvalue weighted by Gasteiger charge is -2.21. The smallest absolute Gasteiger partial charge is 0.0553 e. The van der Waals surface area contributed by atoms with E-state index < -0.39 is 0 Å². The van der Waals surface area contributed by atoms with Gasteiger partial charge in [0, 0.05) is 27.3 Å². The highest BCUT2D eigenvalue weighted by Gasteiger charge is 2.36. The molecule has 1 nitrogen and oxygen atoms in total. The molecule has 13 rings (SSSR count). The standard InChI is InChI=1S/C58H41N/c1-57(2)48-16-10-8-14-41(48)46-30-35(22-28-50(46)57)36-20-26-44-52(32-36)59(39-12-6-5-7-13-39)53-33-38-21-25-43-40(24-18-34-19-27-45(56(44)53)55(38)54(34)43)37-23-29-51-47(31-37)42-15-9-11-17-49(42)58(51,3)4/h5-33H,1-4H3. The summed E-state index contributed by atoms with van der Waals surface area (Å²) in [5.41, 5.74) is 19.7. The van der Waals surface area contributed by atoms with Crippen molar-refractivity contribution in [2.45, 2.75) is 38.5 Å². The minimum absolute atomic E-state index is 0.0112. The maximum Gasteiger partial charge on any atom is 0.0553 e. The maximum absolute atomic E-state index is 2.49. The van der Waals surface area contributed by atoms with E-state index in [0.717, 1.165) is 0 Å². The molecule has 59 heavy (non-hydrogen) atoms. The highest BCUT2D eigenvalue weighted by atomic mass is 15.0. The van der Waals surface area contributed by atoms with Crippen LogP contribution < -0.4 is 0 Å². The highest BCUT2D eigenvalue weighted by Crippen LogP contribution is 2.52. The quantitative estimate of drug-likeness (QED) is 0.158. The average Bonchev–Trinajstić information content (AvgIpc) is 3.81. The van der Waals surface area contributed by atoms with Gasteiger partial charge in [-0.1, -0.05) is 167 Å². The van der Waals surface area contributed by atoms with Crippen molar-refractivity contribution in [2.75, 3.05) is 0 Å². The third-order valence-corrected chi connectivity index (χ3v) is 14.3. The lowest BCUT2D eigenvalue weighted by atomic mass is 9.82. The largest absolute Gasteiger partial charge is 0.309 e. The predicted molar refractivity (Wildman–Crippen MR) is 250 cm³/mol. The minimum Gasteiger partial charge on any atom is -0.309 e. The highest BCUT2D eigenvalue weighted by molar-refractivity contribution is 6.34. The summed E-state index contributed by atoms with van der Waals surface area (Å²) in [7, 11) is 0. The second kappa shape index (κ2) is 11.4. The molecule has 11 aromatic rings. The van der Waals surface area contributed by atoms with Crippen molar-refractivity contribution in [3.05, 3.63) is 198 Å². The monoisotopic (exact) mass is 751 g/mol. The molecule has 0 N–H and O–H groups in total. The first-order valence-corrected chi connectivity index (χ1v) is 21.0. The lowest BCUT2D eigenvalue weighted by molar-refractivity contribution is 0.660. The van der Waals surface area contributed by atoms with E-state index in [1.807, 2.05) is 0 Å². The summed E-state index contributed by atoms with van der Waals surface area (Å²) >= 11 is 0. The van der Waals surface area contributed by atoms with Gasteiger partial charge in [-0.2, -0.15) is 0 Å². The number of para-hydroxylation sites is 1. The summed E-state index contributed by atoms with van der Waals surface area (Å²) in [5, 5.41) is 10.4. The van der Waals surface area contributed by atoms with Gasteiger partial charge in [0.15, 0.2) is 0 Å². The Hall–Kier alpha value is -6.96. The van der Waals surface area contributed by atoms with Crippen LogP contribution in [0.1, 0.15) is 49.9 Å². The van der Waals surface area contributed by atoms with Crippen molar-refractivity contribution in [1.82, 2.24) is 4.57 Å². The van der Waals surface area contributed by atoms with Gasteiger partial charge in [-0.25, -0.2) is 0 Å². The van der Waals surface area contributed by atoms with Gasteiger partial charge in [0.1, 0.15) is 0 Å². The van der Waals surface area contributed by atoms with Crippen LogP contribution in [0, 0.1) is 0 Å². The van der Waals surface area contributed by atoms with Gasteiger partial charge in [-0.3, -0.25) is 0 Å². The molecule has 2 aliphatic carbocycles. The topological polar surface area (TPSA) is 4.93 Å². The first kappa shape index (κ1) is 33.1. The first-order chi connectivity index (χ1) is 28.8. The zero-order chi connectivity index (χ0) is 39.4. The molecule has 1 heteroatoms. The van der Waals surface area contributed by atoms with E-state index in [1.165, 1.54) is 127 Å². The van der Waals surface area contributed by atoms with Crippen LogP contribution in [0.5, 0.6) is 0 Å². The Morgan fingerprint density at radius 1 is 0.322 bits per heavy atom. The summed E-state index contributed by atoms with van der Waals surface area (Å²) in [4.78, 5) is 0. The molecular formula is C58H41N. The number of hydrogen-bond donors (Lipinski definition) is 0. The van der Waals surface area contributed by atoms with Crippen LogP contribution in [0.25, 0.3) is 104 Å². The maximum atomic E-state index is 2.49. The number of benzene rings is 10. The molecule has 0 bridgehead atoms. The number of fused-ring (bicyclic) bond motifs is 10. The summed E-state index contributed by atoms with van der Waals surface area (Å²) in [6.07, 6.45) is 0. The Bertz CT molecular complexity index is 3590. The number of nitrogens with zero attached hydrogens (tertiary/aromatic N) is 1. The molecule has 0 amide bonds. The fraction of sp³-hybridized carbons (Fsp3) is 0.103. The van der Waals surface area contributed by atoms with Gasteiger partial charge in [0.2, 0.25) is 0 Å². The van der Waals surface area contributed by atoms with Crippen LogP contribution in [0.3, 0.4) is 0 Å². The van der Waals surface area contributed by atoms with Gasteiger partial charge in [-0.15, -0.1) is 0 Å². The third kappa shape index (κ3) is 4.30. The number of rotatable bonds is 3. The molecule has 10 aromatic carbocycles. The molecule has 0 unspecified atom stereocenters. The van der Waals surface area contributed by atoms with Crippen molar-refractivity contribution in [1.29, 1.82) is 0 Å². The molecule has 2 aliphatic rings. The van der Waals surface area contributed by atoms with E-state index in [-0.39, 0.29) is 10.8 Å². The van der Waals surface area contributed by atoms with Crippen molar-refractivity contribution < 1.29 is 0 Å². The summed E-state index contributed by atoms with van der Waals surface area (Å²) < 4.78 is 2.49. The molecule has 0 fully saturated rings. The number of hydrogen-bond acceptors (Lipinski definition) is 0. The molecule has 0 saturated carbocycles. The second-order valence-electron chi connectivity index (χ2n) is 18.1. The average molecular weight is 752 g/mol. The van der Waals surface area contributed by atoms with Gasteiger partial charge in [-0.05, 0) is 135 Å². The Morgan fingerprint density at radius 2 is 0.847 bits per heavy atom. The lowest BCUT2D eigenvalue weighted by Crippen LogP contribution is -2.14. The fourth-order valence-electron chi connectivity index (χ4n) is 11.5. The Labute approximate surface area is 344 Å². The van der Waals surface area contributed by atoms with Crippen molar-refractivity contribution in [2.24, 2.45) is 0 Å². The zero-order valence-corrected chi connectivity index (χ0v) is 33.7. The van der Waals surface area contributed by atoms with E-state index in [1.54, 1.807) is 0 Å². The molecule has 278 valence electrons. The Balaban J connectivity index is 1.04. The van der Waals surface area contributed by atoms with Crippen LogP contribution in [0.4, 0.5) is 0 Å². The SMILES string of the molecule is CC1(C)c2ccccc2-c2cc(-c3ccc4c5c6ccc7ccc(-c8ccc9c(c8)-c8ccccc8C9(C)C)c8ccc(cc5n(-c5ccccc5)c4c3)c6c78)ccc21. The van der Waals surface area contributed by atoms with E-state index in [9.17, 15) is 0 Å². The molecule has 0 aliphatic heterocycles. The van der Waals surface area contributed by atoms with E-state index in [4.69, 9.17) is 0 Å². The minimum atomic E-state index is -0.0135. The van der Waals surface area contributed by atoms with Crippen LogP contribution in [0.15, 0.2) is 176 Å². The van der Waals surface area contributed by atoms with E-state index in [2.05, 4.69) is 208 Å². The molecule has 1 heterocycles. The van der Waals surface area contributed by atoms with Crippen LogP contribution in [-0.2, 0) is 10.8 Å². The van der Waals surface area contributed by atoms with Gasteiger partial charge in [0.05, 0.1) is 11.0 Å². The molecule has 0 spiro atoms. The molecule has 0 radical (unpaired) electrons. The molecule has 0 atom stereocenters. The number of aromatic nitrogens is 1. The molecular weight excluding hydrogens is 711 g/mol. The normalized spacial score (nSPS) is 14.7. The van der Waals surface area contributed by atoms with Crippen LogP contribution in [-0.4, -0.2) is 4.57 Å². The molecule has 0 saturated heterocycles. The van der Waals surface area contributed by atoms with Crippen LogP contribution in [0.2, 0.25) is 0 Å². The van der Waals surface area contributed by atoms with Crippen molar-refractivity contribution >= 4 is 54.1 Å². The van der Waals surface area contributed by atoms with Crippen molar-refractivity contribution in [3.63, 3.8) is 0 Å². The Kier molecular flexibility index (Phi) is 6.37. The predicted octanol–water partition coefficient (Wildman–Crippen LogP) is 15.6. The van der Waals surface area contributed by atoms with Gasteiger partial charge >= 0.3 is 0 Å². The Morgan fingerprint density at radius 3 is 1.58 bits per heavy atom. The van der Waals surface area contributed by atoms with Gasteiger partial charge in [0.25, 0.3) is 0 Å². The van der Waals surface area contributed by atoms with Crippen LogP contribution >= 0.6 is 0 Å². The zero-order valence-electron chi connectivity index (χ0n) is 33.7. The molecule has 1 aromatic heterocycles. The van der Waals surface area contributed by atoms with E-state index in [0.29, 0.717) is 0 Å². The van der Waals surface area contributed by atoms with E-state index >= 15 is 0 Å². The summed E-state index contributed by atoms with van der Waals surface area (Å²) in [6, 6.07) is 66.8. The summed E-state index contributed by atoms with van der Waals surface area (Å²) in [5.74, 6) is 0. The third-order valence-electron chi connectivity index (χ3n) is 14.3. The fourth-order valence-corrected chi connectivity index (χ4v) is 11.5. The van der Waals surface area contributed by atoms with Crippen molar-refractivity contribution in [3.8, 4) is 50.2 Å². The summed E-state index contributed by atoms with van der Waals surface area (Å²) in [6.45, 7) is 9.42. The second-order valence-corrected chi connectivity index (χ2v) is 18.1. The van der Waals surface area contributed by atoms with Gasteiger partial charge < -0.3 is 4.57 Å². The first-order valence-electron chi connectivity index (χ1n) is 21.0.